The van der Waals surface area contributed by atoms with Crippen LogP contribution in [0.4, 0.5) is 17.6 Å². The zero-order chi connectivity index (χ0) is 31.3. The van der Waals surface area contributed by atoms with Gasteiger partial charge in [0, 0.05) is 41.7 Å². The zero-order valence-corrected chi connectivity index (χ0v) is 23.8. The lowest BCUT2D eigenvalue weighted by Gasteiger charge is -2.28. The average molecular weight is 625 g/mol. The number of hydrogen-bond donors (Lipinski definition) is 1. The van der Waals surface area contributed by atoms with Crippen molar-refractivity contribution in [2.24, 2.45) is 5.73 Å². The first-order valence-corrected chi connectivity index (χ1v) is 13.8. The van der Waals surface area contributed by atoms with E-state index in [-0.39, 0.29) is 57.7 Å². The van der Waals surface area contributed by atoms with Gasteiger partial charge >= 0.3 is 6.18 Å². The summed E-state index contributed by atoms with van der Waals surface area (Å²) >= 11 is 6.13. The first-order chi connectivity index (χ1) is 20.4. The number of ether oxygens (including phenoxy) is 3. The van der Waals surface area contributed by atoms with Crippen molar-refractivity contribution < 1.29 is 41.4 Å². The van der Waals surface area contributed by atoms with Crippen molar-refractivity contribution >= 4 is 23.3 Å². The molecule has 8 nitrogen and oxygen atoms in total. The summed E-state index contributed by atoms with van der Waals surface area (Å²) in [6.07, 6.45) is -1.37. The number of carbonyl (C=O) groups is 2. The summed E-state index contributed by atoms with van der Waals surface area (Å²) in [5, 5.41) is 0.178. The second-order valence-corrected chi connectivity index (χ2v) is 10.5. The number of aromatic nitrogens is 1. The van der Waals surface area contributed by atoms with E-state index in [0.29, 0.717) is 13.0 Å². The number of nitrogens with zero attached hydrogens (tertiary/aromatic N) is 1. The number of nitrogens with two attached hydrogens (primary N) is 1. The van der Waals surface area contributed by atoms with Gasteiger partial charge in [0.2, 0.25) is 0 Å². The number of carbonyl (C=O) groups excluding carboxylic acids is 2. The Hall–Kier alpha value is -3.90. The summed E-state index contributed by atoms with van der Waals surface area (Å²) in [6, 6.07) is 7.66. The van der Waals surface area contributed by atoms with E-state index in [1.54, 1.807) is 0 Å². The van der Waals surface area contributed by atoms with Gasteiger partial charge in [0.25, 0.3) is 11.5 Å². The van der Waals surface area contributed by atoms with Crippen molar-refractivity contribution in [2.75, 3.05) is 20.3 Å². The number of benzene rings is 2. The molecule has 2 N–H and O–H groups in total. The van der Waals surface area contributed by atoms with Crippen LogP contribution in [0.25, 0.3) is 11.1 Å². The molecule has 3 aromatic rings. The summed E-state index contributed by atoms with van der Waals surface area (Å²) in [5.41, 5.74) is 4.66. The minimum Gasteiger partial charge on any atom is -0.495 e. The van der Waals surface area contributed by atoms with Crippen LogP contribution in [0.2, 0.25) is 5.02 Å². The third-order valence-corrected chi connectivity index (χ3v) is 7.27. The smallest absolute Gasteiger partial charge is 0.422 e. The normalized spacial score (nSPS) is 16.0. The molecular formula is C30H29ClF4N2O6. The number of alkyl halides is 3. The Labute approximate surface area is 249 Å². The predicted molar refractivity (Wildman–Crippen MR) is 150 cm³/mol. The molecular weight excluding hydrogens is 596 g/mol. The predicted octanol–water partition coefficient (Wildman–Crippen LogP) is 5.67. The van der Waals surface area contributed by atoms with E-state index in [2.05, 4.69) is 0 Å². The maximum atomic E-state index is 14.4. The molecule has 2 atom stereocenters. The Morgan fingerprint density at radius 2 is 1.86 bits per heavy atom. The second-order valence-electron chi connectivity index (χ2n) is 10.1. The molecule has 0 bridgehead atoms. The number of halogens is 5. The molecule has 43 heavy (non-hydrogen) atoms. The molecule has 0 spiro atoms. The van der Waals surface area contributed by atoms with E-state index in [0.717, 1.165) is 25.0 Å². The molecule has 1 fully saturated rings. The average Bonchev–Trinajstić information content (AvgIpc) is 2.95. The highest BCUT2D eigenvalue weighted by molar-refractivity contribution is 6.31. The fourth-order valence-electron chi connectivity index (χ4n) is 4.97. The van der Waals surface area contributed by atoms with Crippen molar-refractivity contribution in [1.82, 2.24) is 4.57 Å². The van der Waals surface area contributed by atoms with Crippen molar-refractivity contribution in [1.29, 1.82) is 0 Å². The highest BCUT2D eigenvalue weighted by Crippen LogP contribution is 2.38. The summed E-state index contributed by atoms with van der Waals surface area (Å²) in [4.78, 5) is 38.6. The minimum atomic E-state index is -4.61. The highest BCUT2D eigenvalue weighted by Gasteiger charge is 2.31. The second kappa shape index (κ2) is 13.6. The molecule has 1 saturated heterocycles. The highest BCUT2D eigenvalue weighted by atomic mass is 35.5. The van der Waals surface area contributed by atoms with E-state index in [4.69, 9.17) is 31.5 Å². The van der Waals surface area contributed by atoms with Gasteiger partial charge in [-0.15, -0.1) is 0 Å². The Balaban J connectivity index is 1.74. The van der Waals surface area contributed by atoms with Crippen molar-refractivity contribution in [3.8, 4) is 22.6 Å². The first kappa shape index (κ1) is 32.0. The summed E-state index contributed by atoms with van der Waals surface area (Å²) < 4.78 is 70.6. The van der Waals surface area contributed by atoms with Crippen molar-refractivity contribution in [3.05, 3.63) is 81.0 Å². The topological polar surface area (TPSA) is 110 Å². The Kier molecular flexibility index (Phi) is 10.1. The third kappa shape index (κ3) is 8.14. The number of pyridine rings is 1. The molecule has 2 aromatic carbocycles. The van der Waals surface area contributed by atoms with E-state index < -0.39 is 41.9 Å². The summed E-state index contributed by atoms with van der Waals surface area (Å²) in [6.45, 7) is -1.07. The number of ketones is 1. The molecule has 1 unspecified atom stereocenters. The Bertz CT molecular complexity index is 1550. The first-order valence-electron chi connectivity index (χ1n) is 13.4. The number of hydrogen-bond acceptors (Lipinski definition) is 6. The van der Waals surface area contributed by atoms with Crippen LogP contribution in [-0.4, -0.2) is 48.9 Å². The maximum absolute atomic E-state index is 14.4. The molecule has 0 aliphatic carbocycles. The molecule has 1 aliphatic heterocycles. The molecule has 230 valence electrons. The van der Waals surface area contributed by atoms with Crippen LogP contribution in [0.1, 0.15) is 47.6 Å². The molecule has 4 rings (SSSR count). The molecule has 2 heterocycles. The van der Waals surface area contributed by atoms with E-state index in [1.165, 1.54) is 48.2 Å². The van der Waals surface area contributed by atoms with Gasteiger partial charge in [-0.05, 0) is 55.2 Å². The van der Waals surface area contributed by atoms with Gasteiger partial charge in [0.05, 0.1) is 31.0 Å². The van der Waals surface area contributed by atoms with E-state index in [1.807, 2.05) is 0 Å². The van der Waals surface area contributed by atoms with Crippen LogP contribution in [0.15, 0.2) is 53.5 Å². The molecule has 0 saturated carbocycles. The van der Waals surface area contributed by atoms with Crippen LogP contribution >= 0.6 is 11.6 Å². The monoisotopic (exact) mass is 624 g/mol. The number of amides is 1. The maximum Gasteiger partial charge on any atom is 0.422 e. The fourth-order valence-corrected chi connectivity index (χ4v) is 5.15. The summed E-state index contributed by atoms with van der Waals surface area (Å²) in [5.74, 6) is -2.37. The minimum absolute atomic E-state index is 0.0675. The molecule has 1 amide bonds. The van der Waals surface area contributed by atoms with Gasteiger partial charge < -0.3 is 24.5 Å². The number of rotatable bonds is 11. The number of primary amides is 1. The lowest BCUT2D eigenvalue weighted by molar-refractivity contribution is -0.153. The van der Waals surface area contributed by atoms with Gasteiger partial charge in [0.15, 0.2) is 12.4 Å². The van der Waals surface area contributed by atoms with Crippen LogP contribution in [0.3, 0.4) is 0 Å². The van der Waals surface area contributed by atoms with Gasteiger partial charge in [-0.1, -0.05) is 17.7 Å². The van der Waals surface area contributed by atoms with E-state index >= 15 is 0 Å². The van der Waals surface area contributed by atoms with Crippen molar-refractivity contribution in [3.63, 3.8) is 0 Å². The Morgan fingerprint density at radius 3 is 2.49 bits per heavy atom. The lowest BCUT2D eigenvalue weighted by atomic mass is 9.94. The largest absolute Gasteiger partial charge is 0.495 e. The SMILES string of the molecule is COc1cn(C(C[C@@H]2CCCCO2)C(=O)Cc2ccc(C(N)=O)c(F)c2)c(=O)cc1-c1cc(Cl)ccc1OCC(F)(F)F. The fraction of sp³-hybridized carbons (Fsp3) is 0.367. The van der Waals surface area contributed by atoms with Crippen LogP contribution in [0, 0.1) is 5.82 Å². The summed E-state index contributed by atoms with van der Waals surface area (Å²) in [7, 11) is 1.30. The quantitative estimate of drug-likeness (QED) is 0.276. The third-order valence-electron chi connectivity index (χ3n) is 7.03. The van der Waals surface area contributed by atoms with E-state index in [9.17, 15) is 31.9 Å². The molecule has 1 aliphatic rings. The zero-order valence-electron chi connectivity index (χ0n) is 23.1. The molecule has 1 aromatic heterocycles. The number of methoxy groups -OCH3 is 1. The van der Waals surface area contributed by atoms with Crippen LogP contribution in [0.5, 0.6) is 11.5 Å². The molecule has 13 heteroatoms. The van der Waals surface area contributed by atoms with Gasteiger partial charge in [-0.25, -0.2) is 4.39 Å². The Morgan fingerprint density at radius 1 is 1.12 bits per heavy atom. The van der Waals surface area contributed by atoms with Gasteiger partial charge in [-0.2, -0.15) is 13.2 Å². The van der Waals surface area contributed by atoms with Crippen LogP contribution in [-0.2, 0) is 16.0 Å². The standard InChI is InChI=1S/C30H29ClF4N2O6/c1-41-27-15-37(28(39)14-22(27)21-12-18(31)6-8-26(21)43-16-30(33,34)35)24(13-19-4-2-3-9-42-19)25(38)11-17-5-7-20(29(36)40)23(32)10-17/h5-8,10,12,14-15,19,24H,2-4,9,11,13,16H2,1H3,(H2,36,40)/t19-,24?/m0/s1. The number of Topliss-reactive ketones (excluding diaryl/α,β-unsaturated/α-hetero) is 1. The van der Waals surface area contributed by atoms with Crippen LogP contribution < -0.4 is 20.8 Å². The van der Waals surface area contributed by atoms with Gasteiger partial charge in [-0.3, -0.25) is 14.4 Å². The van der Waals surface area contributed by atoms with Gasteiger partial charge in [0.1, 0.15) is 17.3 Å². The van der Waals surface area contributed by atoms with Crippen molar-refractivity contribution in [2.45, 2.75) is 50.4 Å². The lowest BCUT2D eigenvalue weighted by Crippen LogP contribution is -2.34. The molecule has 0 radical (unpaired) electrons.